The van der Waals surface area contributed by atoms with Gasteiger partial charge in [0.25, 0.3) is 11.8 Å². The van der Waals surface area contributed by atoms with Crippen LogP contribution in [0, 0.1) is 0 Å². The van der Waals surface area contributed by atoms with Crippen molar-refractivity contribution in [2.24, 2.45) is 10.2 Å². The van der Waals surface area contributed by atoms with Crippen LogP contribution in [0.2, 0.25) is 0 Å². The molecule has 1 heterocycles. The van der Waals surface area contributed by atoms with Crippen molar-refractivity contribution in [2.75, 3.05) is 13.2 Å². The van der Waals surface area contributed by atoms with Gasteiger partial charge in [-0.05, 0) is 98.3 Å². The van der Waals surface area contributed by atoms with E-state index in [1.54, 1.807) is 48.5 Å². The third-order valence-electron chi connectivity index (χ3n) is 6.55. The molecule has 0 saturated carbocycles. The highest BCUT2D eigenvalue weighted by molar-refractivity contribution is 6.03. The highest BCUT2D eigenvalue weighted by Gasteiger charge is 2.19. The molecule has 0 unspecified atom stereocenters. The lowest BCUT2D eigenvalue weighted by Gasteiger charge is -2.08. The molecule has 0 spiro atoms. The van der Waals surface area contributed by atoms with Gasteiger partial charge in [-0.2, -0.15) is 0 Å². The lowest BCUT2D eigenvalue weighted by atomic mass is 10.1. The van der Waals surface area contributed by atoms with E-state index in [1.165, 1.54) is 22.8 Å². The Balaban J connectivity index is 1.24. The van der Waals surface area contributed by atoms with Gasteiger partial charge < -0.3 is 24.4 Å². The van der Waals surface area contributed by atoms with Crippen molar-refractivity contribution in [3.8, 4) is 34.7 Å². The van der Waals surface area contributed by atoms with E-state index in [1.807, 2.05) is 38.1 Å². The van der Waals surface area contributed by atoms with Gasteiger partial charge in [0.2, 0.25) is 11.8 Å². The summed E-state index contributed by atoms with van der Waals surface area (Å²) in [6, 6.07) is 25.1. The van der Waals surface area contributed by atoms with Gasteiger partial charge in [-0.1, -0.05) is 12.1 Å². The lowest BCUT2D eigenvalue weighted by Crippen LogP contribution is -2.00. The molecular weight excluding hydrogens is 550 g/mol. The molecule has 0 saturated heterocycles. The SMILES string of the molecule is CCOc1ccc(OCc2ccc(C(=O)N=NC(=O)c3ccc4c(O)n(-c5ccc(OCC)cc5)c(O)c4c3)cc2)cc1. The minimum absolute atomic E-state index is 0.0879. The van der Waals surface area contributed by atoms with Crippen LogP contribution >= 0.6 is 0 Å². The normalized spacial score (nSPS) is 11.1. The molecule has 5 aromatic rings. The Kier molecular flexibility index (Phi) is 8.66. The van der Waals surface area contributed by atoms with Crippen molar-refractivity contribution in [1.29, 1.82) is 0 Å². The first-order valence-corrected chi connectivity index (χ1v) is 13.6. The molecule has 43 heavy (non-hydrogen) atoms. The third-order valence-corrected chi connectivity index (χ3v) is 6.55. The Morgan fingerprint density at radius 2 is 1.12 bits per heavy atom. The summed E-state index contributed by atoms with van der Waals surface area (Å²) in [4.78, 5) is 25.3. The van der Waals surface area contributed by atoms with Crippen LogP contribution in [0.3, 0.4) is 0 Å². The predicted octanol–water partition coefficient (Wildman–Crippen LogP) is 6.85. The summed E-state index contributed by atoms with van der Waals surface area (Å²) >= 11 is 0. The van der Waals surface area contributed by atoms with Gasteiger partial charge in [0, 0.05) is 21.9 Å². The number of benzene rings is 4. The van der Waals surface area contributed by atoms with Crippen LogP contribution in [-0.2, 0) is 6.61 Å². The van der Waals surface area contributed by atoms with E-state index in [0.29, 0.717) is 42.4 Å². The molecule has 0 aliphatic rings. The standard InChI is InChI=1S/C33H29N3O7/c1-3-41-25-12-10-24(11-13-25)36-32(39)28-18-9-23(19-29(28)33(36)40)31(38)35-34-30(37)22-7-5-21(6-8-22)20-43-27-16-14-26(15-17-27)42-4-2/h5-19,39-40H,3-4,20H2,1-2H3. The molecule has 218 valence electrons. The first kappa shape index (κ1) is 28.9. The van der Waals surface area contributed by atoms with Crippen LogP contribution in [0.4, 0.5) is 0 Å². The van der Waals surface area contributed by atoms with Crippen LogP contribution in [0.1, 0.15) is 40.1 Å². The van der Waals surface area contributed by atoms with Gasteiger partial charge >= 0.3 is 0 Å². The first-order chi connectivity index (χ1) is 20.9. The van der Waals surface area contributed by atoms with Gasteiger partial charge in [0.15, 0.2) is 0 Å². The van der Waals surface area contributed by atoms with E-state index < -0.39 is 11.8 Å². The Morgan fingerprint density at radius 1 is 0.628 bits per heavy atom. The second kappa shape index (κ2) is 12.9. The van der Waals surface area contributed by atoms with Gasteiger partial charge in [-0.15, -0.1) is 10.2 Å². The number of rotatable bonds is 10. The second-order valence-corrected chi connectivity index (χ2v) is 9.37. The summed E-state index contributed by atoms with van der Waals surface area (Å²) in [7, 11) is 0. The molecule has 0 aliphatic carbocycles. The molecule has 0 radical (unpaired) electrons. The number of carbonyl (C=O) groups is 2. The lowest BCUT2D eigenvalue weighted by molar-refractivity contribution is 0.0947. The van der Waals surface area contributed by atoms with E-state index in [9.17, 15) is 19.8 Å². The van der Waals surface area contributed by atoms with E-state index >= 15 is 0 Å². The van der Waals surface area contributed by atoms with Gasteiger partial charge in [-0.25, -0.2) is 0 Å². The number of nitrogens with zero attached hydrogens (tertiary/aromatic N) is 3. The van der Waals surface area contributed by atoms with Crippen molar-refractivity contribution in [3.63, 3.8) is 0 Å². The molecule has 2 amide bonds. The van der Waals surface area contributed by atoms with Crippen LogP contribution in [0.5, 0.6) is 29.0 Å². The summed E-state index contributed by atoms with van der Waals surface area (Å²) in [5.41, 5.74) is 1.69. The zero-order chi connectivity index (χ0) is 30.3. The predicted molar refractivity (Wildman–Crippen MR) is 160 cm³/mol. The van der Waals surface area contributed by atoms with Crippen molar-refractivity contribution < 1.29 is 34.0 Å². The number of hydrogen-bond donors (Lipinski definition) is 2. The number of ether oxygens (including phenoxy) is 3. The molecule has 2 N–H and O–H groups in total. The monoisotopic (exact) mass is 579 g/mol. The Labute approximate surface area is 247 Å². The summed E-state index contributed by atoms with van der Waals surface area (Å²) in [5, 5.41) is 29.3. The second-order valence-electron chi connectivity index (χ2n) is 9.37. The number of azo groups is 1. The first-order valence-electron chi connectivity index (χ1n) is 13.6. The van der Waals surface area contributed by atoms with Crippen LogP contribution in [0.15, 0.2) is 101 Å². The van der Waals surface area contributed by atoms with E-state index in [-0.39, 0.29) is 28.3 Å². The van der Waals surface area contributed by atoms with Gasteiger partial charge in [0.05, 0.1) is 18.9 Å². The Morgan fingerprint density at radius 3 is 1.70 bits per heavy atom. The zero-order valence-electron chi connectivity index (χ0n) is 23.6. The number of aromatic nitrogens is 1. The number of hydrogen-bond acceptors (Lipinski definition) is 7. The highest BCUT2D eigenvalue weighted by Crippen LogP contribution is 2.39. The van der Waals surface area contributed by atoms with Crippen molar-refractivity contribution in [1.82, 2.24) is 4.57 Å². The van der Waals surface area contributed by atoms with Crippen molar-refractivity contribution in [2.45, 2.75) is 20.5 Å². The summed E-state index contributed by atoms with van der Waals surface area (Å²) in [6.45, 7) is 5.19. The number of fused-ring (bicyclic) bond motifs is 1. The van der Waals surface area contributed by atoms with E-state index in [2.05, 4.69) is 10.2 Å². The topological polar surface area (TPSA) is 132 Å². The summed E-state index contributed by atoms with van der Waals surface area (Å²) < 4.78 is 17.9. The van der Waals surface area contributed by atoms with Crippen LogP contribution < -0.4 is 14.2 Å². The maximum Gasteiger partial charge on any atom is 0.295 e. The molecule has 0 bridgehead atoms. The average Bonchev–Trinajstić information content (AvgIpc) is 3.29. The number of aromatic hydroxyl groups is 2. The molecule has 4 aromatic carbocycles. The van der Waals surface area contributed by atoms with Crippen molar-refractivity contribution in [3.05, 3.63) is 108 Å². The minimum Gasteiger partial charge on any atom is -0.494 e. The Hall–Kier alpha value is -5.64. The molecule has 10 heteroatoms. The molecule has 10 nitrogen and oxygen atoms in total. The summed E-state index contributed by atoms with van der Waals surface area (Å²) in [5.74, 6) is 0.193. The highest BCUT2D eigenvalue weighted by atomic mass is 16.5. The molecule has 0 fully saturated rings. The summed E-state index contributed by atoms with van der Waals surface area (Å²) in [6.07, 6.45) is 0. The zero-order valence-corrected chi connectivity index (χ0v) is 23.6. The fourth-order valence-corrected chi connectivity index (χ4v) is 4.42. The largest absolute Gasteiger partial charge is 0.494 e. The smallest absolute Gasteiger partial charge is 0.295 e. The Bertz CT molecular complexity index is 1780. The maximum atomic E-state index is 12.7. The number of carbonyl (C=O) groups excluding carboxylic acids is 2. The maximum absolute atomic E-state index is 12.7. The molecule has 0 atom stereocenters. The number of amides is 2. The molecule has 5 rings (SSSR count). The molecule has 1 aromatic heterocycles. The van der Waals surface area contributed by atoms with Crippen LogP contribution in [0.25, 0.3) is 16.5 Å². The van der Waals surface area contributed by atoms with E-state index in [4.69, 9.17) is 14.2 Å². The van der Waals surface area contributed by atoms with Crippen LogP contribution in [-0.4, -0.2) is 39.8 Å². The molecule has 0 aliphatic heterocycles. The average molecular weight is 580 g/mol. The fraction of sp³-hybridized carbons (Fsp3) is 0.152. The van der Waals surface area contributed by atoms with Gasteiger partial charge in [-0.3, -0.25) is 14.2 Å². The fourth-order valence-electron chi connectivity index (χ4n) is 4.42. The van der Waals surface area contributed by atoms with E-state index in [0.717, 1.165) is 11.3 Å². The minimum atomic E-state index is -0.775. The van der Waals surface area contributed by atoms with Crippen molar-refractivity contribution >= 4 is 22.6 Å². The van der Waals surface area contributed by atoms with Gasteiger partial charge in [0.1, 0.15) is 23.9 Å². The molecular formula is C33H29N3O7. The third kappa shape index (κ3) is 6.48. The quantitative estimate of drug-likeness (QED) is 0.173.